The molecule has 2 aliphatic heterocycles. The molecule has 2 fully saturated rings. The molecule has 1 amide bonds. The predicted octanol–water partition coefficient (Wildman–Crippen LogP) is 1.95. The zero-order valence-electron chi connectivity index (χ0n) is 14.9. The highest BCUT2D eigenvalue weighted by molar-refractivity contribution is 6.30. The first-order valence-corrected chi connectivity index (χ1v) is 9.46. The van der Waals surface area contributed by atoms with Gasteiger partial charge >= 0.3 is 0 Å². The normalized spacial score (nSPS) is 20.9. The van der Waals surface area contributed by atoms with Crippen molar-refractivity contribution in [1.29, 1.82) is 0 Å². The second-order valence-electron chi connectivity index (χ2n) is 6.91. The van der Waals surface area contributed by atoms with Crippen molar-refractivity contribution >= 4 is 29.0 Å². The van der Waals surface area contributed by atoms with Crippen molar-refractivity contribution in [2.75, 3.05) is 44.2 Å². The van der Waals surface area contributed by atoms with E-state index >= 15 is 0 Å². The highest BCUT2D eigenvalue weighted by Crippen LogP contribution is 2.21. The lowest BCUT2D eigenvalue weighted by atomic mass is 10.1. The number of rotatable bonds is 3. The third kappa shape index (κ3) is 3.82. The number of ketones is 1. The highest BCUT2D eigenvalue weighted by atomic mass is 35.5. The van der Waals surface area contributed by atoms with E-state index in [2.05, 4.69) is 14.8 Å². The Labute approximate surface area is 163 Å². The Balaban J connectivity index is 1.36. The van der Waals surface area contributed by atoms with Crippen LogP contribution in [0.25, 0.3) is 0 Å². The molecule has 4 rings (SSSR count). The summed E-state index contributed by atoms with van der Waals surface area (Å²) in [6, 6.07) is 10.7. The number of pyridine rings is 1. The zero-order valence-corrected chi connectivity index (χ0v) is 15.7. The van der Waals surface area contributed by atoms with Gasteiger partial charge in [0.2, 0.25) is 0 Å². The standard InChI is InChI=1S/C20H21ClN4O2/c21-16-5-3-15(4-6-16)20(27)24-10-8-23(9-11-24)18-13-25(14-19(18)26)17-2-1-7-22-12-17/h1-7,12,18H,8-11,13-14H2. The number of anilines is 1. The van der Waals surface area contributed by atoms with Gasteiger partial charge in [-0.15, -0.1) is 0 Å². The maximum Gasteiger partial charge on any atom is 0.253 e. The van der Waals surface area contributed by atoms with Crippen LogP contribution in [0.15, 0.2) is 48.8 Å². The minimum Gasteiger partial charge on any atom is -0.361 e. The highest BCUT2D eigenvalue weighted by Gasteiger charge is 2.37. The second-order valence-corrected chi connectivity index (χ2v) is 7.35. The molecule has 2 saturated heterocycles. The van der Waals surface area contributed by atoms with Gasteiger partial charge in [0.25, 0.3) is 5.91 Å². The molecule has 140 valence electrons. The molecule has 3 heterocycles. The van der Waals surface area contributed by atoms with Crippen molar-refractivity contribution < 1.29 is 9.59 Å². The molecule has 27 heavy (non-hydrogen) atoms. The van der Waals surface area contributed by atoms with E-state index in [4.69, 9.17) is 11.6 Å². The van der Waals surface area contributed by atoms with E-state index in [0.717, 1.165) is 5.69 Å². The average molecular weight is 385 g/mol. The molecule has 0 radical (unpaired) electrons. The Morgan fingerprint density at radius 3 is 2.48 bits per heavy atom. The van der Waals surface area contributed by atoms with Crippen molar-refractivity contribution in [1.82, 2.24) is 14.8 Å². The molecular formula is C20H21ClN4O2. The topological polar surface area (TPSA) is 56.8 Å². The quantitative estimate of drug-likeness (QED) is 0.809. The molecule has 1 aromatic carbocycles. The van der Waals surface area contributed by atoms with E-state index in [1.165, 1.54) is 0 Å². The van der Waals surface area contributed by atoms with E-state index < -0.39 is 0 Å². The number of piperazine rings is 1. The van der Waals surface area contributed by atoms with Crippen molar-refractivity contribution in [2.45, 2.75) is 6.04 Å². The van der Waals surface area contributed by atoms with Crippen LogP contribution in [0.2, 0.25) is 5.02 Å². The van der Waals surface area contributed by atoms with Crippen molar-refractivity contribution in [3.8, 4) is 0 Å². The van der Waals surface area contributed by atoms with E-state index in [0.29, 0.717) is 49.9 Å². The molecule has 1 atom stereocenters. The molecule has 0 aliphatic carbocycles. The van der Waals surface area contributed by atoms with Gasteiger partial charge in [0.1, 0.15) is 0 Å². The Morgan fingerprint density at radius 1 is 1.07 bits per heavy atom. The van der Waals surface area contributed by atoms with E-state index in [9.17, 15) is 9.59 Å². The fourth-order valence-corrected chi connectivity index (χ4v) is 3.86. The maximum absolute atomic E-state index is 12.6. The lowest BCUT2D eigenvalue weighted by Crippen LogP contribution is -2.54. The Hall–Kier alpha value is -2.44. The molecule has 0 N–H and O–H groups in total. The number of benzene rings is 1. The second kappa shape index (κ2) is 7.66. The smallest absolute Gasteiger partial charge is 0.253 e. The van der Waals surface area contributed by atoms with Gasteiger partial charge in [0.15, 0.2) is 5.78 Å². The minimum atomic E-state index is -0.113. The number of Topliss-reactive ketones (excluding diaryl/α,β-unsaturated/α-hetero) is 1. The van der Waals surface area contributed by atoms with E-state index in [1.807, 2.05) is 17.0 Å². The molecule has 0 saturated carbocycles. The average Bonchev–Trinajstić information content (AvgIpc) is 3.10. The summed E-state index contributed by atoms with van der Waals surface area (Å²) in [5.41, 5.74) is 1.62. The van der Waals surface area contributed by atoms with Crippen LogP contribution in [0.1, 0.15) is 10.4 Å². The molecule has 7 heteroatoms. The van der Waals surface area contributed by atoms with Gasteiger partial charge in [0, 0.05) is 49.5 Å². The minimum absolute atomic E-state index is 0.0149. The number of aromatic nitrogens is 1. The summed E-state index contributed by atoms with van der Waals surface area (Å²) in [7, 11) is 0. The SMILES string of the molecule is O=C1CN(c2cccnc2)CC1N1CCN(C(=O)c2ccc(Cl)cc2)CC1. The summed E-state index contributed by atoms with van der Waals surface area (Å²) in [4.78, 5) is 35.4. The number of carbonyl (C=O) groups is 2. The van der Waals surface area contributed by atoms with Gasteiger partial charge < -0.3 is 9.80 Å². The van der Waals surface area contributed by atoms with Crippen LogP contribution >= 0.6 is 11.6 Å². The number of hydrogen-bond donors (Lipinski definition) is 0. The van der Waals surface area contributed by atoms with Crippen LogP contribution in [0, 0.1) is 0 Å². The number of amides is 1. The molecule has 1 aromatic heterocycles. The summed E-state index contributed by atoms with van der Waals surface area (Å²) < 4.78 is 0. The van der Waals surface area contributed by atoms with Gasteiger partial charge in [-0.3, -0.25) is 19.5 Å². The third-order valence-corrected chi connectivity index (χ3v) is 5.51. The van der Waals surface area contributed by atoms with Crippen LogP contribution in [0.3, 0.4) is 0 Å². The first-order valence-electron chi connectivity index (χ1n) is 9.08. The van der Waals surface area contributed by atoms with Crippen LogP contribution in [0.5, 0.6) is 0 Å². The van der Waals surface area contributed by atoms with E-state index in [-0.39, 0.29) is 17.7 Å². The summed E-state index contributed by atoms with van der Waals surface area (Å²) in [6.45, 7) is 3.75. The van der Waals surface area contributed by atoms with Crippen molar-refractivity contribution in [3.05, 3.63) is 59.4 Å². The van der Waals surface area contributed by atoms with Crippen LogP contribution < -0.4 is 4.90 Å². The first-order chi connectivity index (χ1) is 13.1. The number of nitrogens with zero attached hydrogens (tertiary/aromatic N) is 4. The number of hydrogen-bond acceptors (Lipinski definition) is 5. The van der Waals surface area contributed by atoms with Gasteiger partial charge in [0.05, 0.1) is 24.5 Å². The van der Waals surface area contributed by atoms with Crippen LogP contribution in [-0.4, -0.2) is 71.8 Å². The summed E-state index contributed by atoms with van der Waals surface area (Å²) in [5, 5.41) is 0.620. The van der Waals surface area contributed by atoms with Crippen LogP contribution in [-0.2, 0) is 4.79 Å². The molecule has 6 nitrogen and oxygen atoms in total. The summed E-state index contributed by atoms with van der Waals surface area (Å²) in [6.07, 6.45) is 3.52. The predicted molar refractivity (Wildman–Crippen MR) is 104 cm³/mol. The van der Waals surface area contributed by atoms with Gasteiger partial charge in [-0.1, -0.05) is 11.6 Å². The van der Waals surface area contributed by atoms with Gasteiger partial charge in [-0.25, -0.2) is 0 Å². The molecule has 2 aliphatic rings. The molecule has 0 bridgehead atoms. The fourth-order valence-electron chi connectivity index (χ4n) is 3.74. The maximum atomic E-state index is 12.6. The molecule has 2 aromatic rings. The first kappa shape index (κ1) is 17.9. The zero-order chi connectivity index (χ0) is 18.8. The Kier molecular flexibility index (Phi) is 5.09. The monoisotopic (exact) mass is 384 g/mol. The van der Waals surface area contributed by atoms with E-state index in [1.54, 1.807) is 36.7 Å². The van der Waals surface area contributed by atoms with Gasteiger partial charge in [-0.05, 0) is 36.4 Å². The number of halogens is 1. The molecule has 1 unspecified atom stereocenters. The Bertz CT molecular complexity index is 820. The van der Waals surface area contributed by atoms with Crippen molar-refractivity contribution in [3.63, 3.8) is 0 Å². The lowest BCUT2D eigenvalue weighted by molar-refractivity contribution is -0.121. The summed E-state index contributed by atoms with van der Waals surface area (Å²) in [5.74, 6) is 0.248. The largest absolute Gasteiger partial charge is 0.361 e. The molecule has 0 spiro atoms. The van der Waals surface area contributed by atoms with Gasteiger partial charge in [-0.2, -0.15) is 0 Å². The van der Waals surface area contributed by atoms with Crippen molar-refractivity contribution in [2.24, 2.45) is 0 Å². The lowest BCUT2D eigenvalue weighted by Gasteiger charge is -2.37. The molecular weight excluding hydrogens is 364 g/mol. The third-order valence-electron chi connectivity index (χ3n) is 5.26. The van der Waals surface area contributed by atoms with Crippen LogP contribution in [0.4, 0.5) is 5.69 Å². The Morgan fingerprint density at radius 2 is 1.81 bits per heavy atom. The number of carbonyl (C=O) groups excluding carboxylic acids is 2. The fraction of sp³-hybridized carbons (Fsp3) is 0.350. The summed E-state index contributed by atoms with van der Waals surface area (Å²) >= 11 is 5.89.